The van der Waals surface area contributed by atoms with Crippen LogP contribution in [-0.2, 0) is 22.5 Å². The monoisotopic (exact) mass is 290 g/mol. The lowest BCUT2D eigenvalue weighted by molar-refractivity contribution is -0.149. The Kier molecular flexibility index (Phi) is 3.97. The molecular weight excluding hydrogens is 268 g/mol. The molecule has 0 bridgehead atoms. The maximum absolute atomic E-state index is 11.3. The van der Waals surface area contributed by atoms with Crippen molar-refractivity contribution in [3.8, 4) is 0 Å². The van der Waals surface area contributed by atoms with Crippen molar-refractivity contribution in [3.63, 3.8) is 0 Å². The lowest BCUT2D eigenvalue weighted by Gasteiger charge is -2.44. The van der Waals surface area contributed by atoms with Crippen LogP contribution in [-0.4, -0.2) is 48.8 Å². The van der Waals surface area contributed by atoms with Crippen molar-refractivity contribution >= 4 is 11.6 Å². The third kappa shape index (κ3) is 2.95. The highest BCUT2D eigenvalue weighted by atomic mass is 16.5. The van der Waals surface area contributed by atoms with Crippen LogP contribution in [0.1, 0.15) is 18.1 Å². The summed E-state index contributed by atoms with van der Waals surface area (Å²) in [6.45, 7) is 5.71. The molecule has 0 aromatic heterocycles. The van der Waals surface area contributed by atoms with Crippen LogP contribution < -0.4 is 5.32 Å². The van der Waals surface area contributed by atoms with Gasteiger partial charge >= 0.3 is 0 Å². The van der Waals surface area contributed by atoms with Crippen LogP contribution in [0.3, 0.4) is 0 Å². The normalized spacial score (nSPS) is 20.5. The lowest BCUT2D eigenvalue weighted by Crippen LogP contribution is -2.53. The summed E-state index contributed by atoms with van der Waals surface area (Å²) < 4.78 is 5.27. The Morgan fingerprint density at radius 2 is 2.29 bits per heavy atom. The highest BCUT2D eigenvalue weighted by molar-refractivity contribution is 5.89. The van der Waals surface area contributed by atoms with Gasteiger partial charge in [-0.2, -0.15) is 0 Å². The van der Waals surface area contributed by atoms with Crippen molar-refractivity contribution < 1.29 is 14.6 Å². The molecule has 21 heavy (non-hydrogen) atoms. The Bertz CT molecular complexity index is 535. The number of nitrogens with one attached hydrogen (secondary N) is 1. The van der Waals surface area contributed by atoms with Gasteiger partial charge < -0.3 is 15.2 Å². The number of benzene rings is 1. The van der Waals surface area contributed by atoms with Crippen LogP contribution in [0.15, 0.2) is 18.2 Å². The molecule has 5 heteroatoms. The number of amides is 1. The summed E-state index contributed by atoms with van der Waals surface area (Å²) in [7, 11) is 0. The number of rotatable bonds is 4. The van der Waals surface area contributed by atoms with E-state index in [1.165, 1.54) is 18.1 Å². The molecule has 0 saturated carbocycles. The largest absolute Gasteiger partial charge is 0.396 e. The van der Waals surface area contributed by atoms with Crippen molar-refractivity contribution in [3.05, 3.63) is 29.3 Å². The Hall–Kier alpha value is -1.43. The van der Waals surface area contributed by atoms with E-state index in [2.05, 4.69) is 16.3 Å². The van der Waals surface area contributed by atoms with Gasteiger partial charge in [-0.05, 0) is 23.6 Å². The van der Waals surface area contributed by atoms with Gasteiger partial charge in [0, 0.05) is 32.2 Å². The number of aliphatic hydroxyl groups excluding tert-OH is 1. The second-order valence-corrected chi connectivity index (χ2v) is 6.24. The summed E-state index contributed by atoms with van der Waals surface area (Å²) in [5, 5.41) is 12.5. The topological polar surface area (TPSA) is 61.8 Å². The summed E-state index contributed by atoms with van der Waals surface area (Å²) >= 11 is 0. The minimum absolute atomic E-state index is 0.0309. The zero-order valence-electron chi connectivity index (χ0n) is 12.4. The maximum Gasteiger partial charge on any atom is 0.221 e. The van der Waals surface area contributed by atoms with Crippen molar-refractivity contribution in [1.29, 1.82) is 0 Å². The fraction of sp³-hybridized carbons (Fsp3) is 0.562. The van der Waals surface area contributed by atoms with Crippen LogP contribution in [0.2, 0.25) is 0 Å². The zero-order valence-corrected chi connectivity index (χ0v) is 12.4. The van der Waals surface area contributed by atoms with Gasteiger partial charge in [-0.3, -0.25) is 9.69 Å². The van der Waals surface area contributed by atoms with Gasteiger partial charge in [-0.25, -0.2) is 0 Å². The van der Waals surface area contributed by atoms with E-state index in [0.29, 0.717) is 13.2 Å². The molecule has 1 aromatic rings. The van der Waals surface area contributed by atoms with Crippen molar-refractivity contribution in [2.45, 2.75) is 19.9 Å². The van der Waals surface area contributed by atoms with E-state index in [1.54, 1.807) is 0 Å². The second-order valence-electron chi connectivity index (χ2n) is 6.24. The quantitative estimate of drug-likeness (QED) is 0.869. The summed E-state index contributed by atoms with van der Waals surface area (Å²) in [6, 6.07) is 6.07. The molecular formula is C16H22N2O3. The molecule has 0 spiro atoms. The highest BCUT2D eigenvalue weighted by Crippen LogP contribution is 2.32. The third-order valence-electron chi connectivity index (χ3n) is 4.37. The van der Waals surface area contributed by atoms with E-state index in [1.807, 2.05) is 12.1 Å². The van der Waals surface area contributed by atoms with Crippen LogP contribution in [0.5, 0.6) is 0 Å². The van der Waals surface area contributed by atoms with Crippen molar-refractivity contribution in [1.82, 2.24) is 4.90 Å². The predicted octanol–water partition coefficient (Wildman–Crippen LogP) is 1.01. The predicted molar refractivity (Wildman–Crippen MR) is 80.1 cm³/mol. The molecule has 1 fully saturated rings. The number of fused-ring (bicyclic) bond motifs is 1. The second kappa shape index (κ2) is 5.75. The van der Waals surface area contributed by atoms with Gasteiger partial charge in [0.25, 0.3) is 0 Å². The van der Waals surface area contributed by atoms with E-state index >= 15 is 0 Å². The number of carbonyl (C=O) groups excluding carboxylic acids is 1. The molecule has 2 N–H and O–H groups in total. The van der Waals surface area contributed by atoms with Gasteiger partial charge in [0.2, 0.25) is 5.91 Å². The first-order valence-electron chi connectivity index (χ1n) is 7.41. The standard InChI is InChI=1S/C16H22N2O3/c1-12(20)17-15-4-2-3-13-7-18(6-5-14(13)15)8-16(9-19)10-21-11-16/h2-4,19H,5-11H2,1H3,(H,17,20). The van der Waals surface area contributed by atoms with Gasteiger partial charge in [0.1, 0.15) is 0 Å². The number of nitrogens with zero attached hydrogens (tertiary/aromatic N) is 1. The summed E-state index contributed by atoms with van der Waals surface area (Å²) in [5.41, 5.74) is 3.36. The summed E-state index contributed by atoms with van der Waals surface area (Å²) in [4.78, 5) is 13.6. The fourth-order valence-corrected chi connectivity index (χ4v) is 3.21. The molecule has 1 saturated heterocycles. The molecule has 1 aromatic carbocycles. The van der Waals surface area contributed by atoms with Crippen molar-refractivity contribution in [2.24, 2.45) is 5.41 Å². The van der Waals surface area contributed by atoms with E-state index in [0.717, 1.165) is 31.7 Å². The Morgan fingerprint density at radius 3 is 2.90 bits per heavy atom. The van der Waals surface area contributed by atoms with Crippen LogP contribution in [0.4, 0.5) is 5.69 Å². The van der Waals surface area contributed by atoms with Gasteiger partial charge in [-0.1, -0.05) is 12.1 Å². The van der Waals surface area contributed by atoms with Gasteiger partial charge in [0.15, 0.2) is 0 Å². The van der Waals surface area contributed by atoms with E-state index < -0.39 is 0 Å². The number of hydrogen-bond donors (Lipinski definition) is 2. The first kappa shape index (κ1) is 14.5. The van der Waals surface area contributed by atoms with Crippen LogP contribution in [0, 0.1) is 5.41 Å². The molecule has 2 aliphatic heterocycles. The molecule has 1 amide bonds. The molecule has 114 valence electrons. The fourth-order valence-electron chi connectivity index (χ4n) is 3.21. The third-order valence-corrected chi connectivity index (χ3v) is 4.37. The number of aliphatic hydroxyl groups is 1. The van der Waals surface area contributed by atoms with Crippen LogP contribution >= 0.6 is 0 Å². The van der Waals surface area contributed by atoms with Crippen molar-refractivity contribution in [2.75, 3.05) is 38.2 Å². The first-order valence-corrected chi connectivity index (χ1v) is 7.41. The first-order chi connectivity index (χ1) is 10.1. The van der Waals surface area contributed by atoms with E-state index in [-0.39, 0.29) is 17.9 Å². The van der Waals surface area contributed by atoms with E-state index in [4.69, 9.17) is 4.74 Å². The molecule has 5 nitrogen and oxygen atoms in total. The number of anilines is 1. The molecule has 3 rings (SSSR count). The van der Waals surface area contributed by atoms with Gasteiger partial charge in [0.05, 0.1) is 25.2 Å². The Morgan fingerprint density at radius 1 is 1.48 bits per heavy atom. The zero-order chi connectivity index (χ0) is 14.9. The minimum atomic E-state index is -0.0766. The molecule has 0 radical (unpaired) electrons. The molecule has 2 heterocycles. The number of hydrogen-bond acceptors (Lipinski definition) is 4. The SMILES string of the molecule is CC(=O)Nc1cccc2c1CCN(CC1(CO)COC1)C2. The smallest absolute Gasteiger partial charge is 0.221 e. The minimum Gasteiger partial charge on any atom is -0.396 e. The Balaban J connectivity index is 1.72. The van der Waals surface area contributed by atoms with Crippen LogP contribution in [0.25, 0.3) is 0 Å². The maximum atomic E-state index is 11.3. The summed E-state index contributed by atoms with van der Waals surface area (Å²) in [5.74, 6) is -0.0309. The average molecular weight is 290 g/mol. The molecule has 0 atom stereocenters. The molecule has 2 aliphatic rings. The summed E-state index contributed by atoms with van der Waals surface area (Å²) in [6.07, 6.45) is 0.925. The molecule has 0 aliphatic carbocycles. The average Bonchev–Trinajstić information content (AvgIpc) is 2.42. The number of carbonyl (C=O) groups is 1. The Labute approximate surface area is 124 Å². The number of ether oxygens (including phenoxy) is 1. The van der Waals surface area contributed by atoms with E-state index in [9.17, 15) is 9.90 Å². The highest BCUT2D eigenvalue weighted by Gasteiger charge is 2.40. The molecule has 0 unspecified atom stereocenters. The lowest BCUT2D eigenvalue weighted by atomic mass is 9.85. The van der Waals surface area contributed by atoms with Gasteiger partial charge in [-0.15, -0.1) is 0 Å².